The SMILES string of the molecule is [O-][S+]1CC2(CCN([C@H]3CC[C@@H](c4cnc(C(F)(F)F)nc4)CC3)C2)C1. The van der Waals surface area contributed by atoms with Crippen LogP contribution < -0.4 is 0 Å². The maximum Gasteiger partial charge on any atom is 0.451 e. The van der Waals surface area contributed by atoms with E-state index in [1.54, 1.807) is 0 Å². The fourth-order valence-electron chi connectivity index (χ4n) is 4.63. The average Bonchev–Trinajstić information content (AvgIpc) is 2.99. The van der Waals surface area contributed by atoms with E-state index in [9.17, 15) is 17.7 Å². The highest BCUT2D eigenvalue weighted by atomic mass is 32.2. The van der Waals surface area contributed by atoms with Gasteiger partial charge in [-0.05, 0) is 50.1 Å². The summed E-state index contributed by atoms with van der Waals surface area (Å²) in [4.78, 5) is 9.53. The number of hydrogen-bond donors (Lipinski definition) is 0. The van der Waals surface area contributed by atoms with Gasteiger partial charge in [-0.25, -0.2) is 9.97 Å². The van der Waals surface area contributed by atoms with Crippen molar-refractivity contribution in [3.63, 3.8) is 0 Å². The van der Waals surface area contributed by atoms with Gasteiger partial charge in [0.05, 0.1) is 5.41 Å². The van der Waals surface area contributed by atoms with Crippen LogP contribution in [0.3, 0.4) is 0 Å². The van der Waals surface area contributed by atoms with E-state index in [1.807, 2.05) is 0 Å². The van der Waals surface area contributed by atoms with E-state index in [2.05, 4.69) is 14.9 Å². The summed E-state index contributed by atoms with van der Waals surface area (Å²) in [7, 11) is 0. The van der Waals surface area contributed by atoms with Gasteiger partial charge in [0.2, 0.25) is 5.82 Å². The Morgan fingerprint density at radius 2 is 1.76 bits per heavy atom. The normalized spacial score (nSPS) is 36.6. The molecule has 4 rings (SSSR count). The van der Waals surface area contributed by atoms with Crippen LogP contribution in [-0.4, -0.2) is 50.1 Å². The van der Waals surface area contributed by atoms with Crippen LogP contribution in [0.2, 0.25) is 0 Å². The Balaban J connectivity index is 1.31. The molecule has 0 amide bonds. The van der Waals surface area contributed by atoms with Crippen LogP contribution in [0.4, 0.5) is 13.2 Å². The minimum Gasteiger partial charge on any atom is -0.616 e. The Hall–Kier alpha value is -0.860. The second-order valence-electron chi connectivity index (χ2n) is 7.79. The van der Waals surface area contributed by atoms with Crippen LogP contribution in [0.5, 0.6) is 0 Å². The highest BCUT2D eigenvalue weighted by molar-refractivity contribution is 7.92. The zero-order valence-corrected chi connectivity index (χ0v) is 14.8. The van der Waals surface area contributed by atoms with Crippen LogP contribution in [0.1, 0.15) is 49.4 Å². The molecule has 2 saturated heterocycles. The van der Waals surface area contributed by atoms with Gasteiger partial charge in [-0.3, -0.25) is 4.90 Å². The van der Waals surface area contributed by atoms with Crippen LogP contribution in [0.15, 0.2) is 12.4 Å². The summed E-state index contributed by atoms with van der Waals surface area (Å²) in [5.74, 6) is 0.917. The first-order valence-corrected chi connectivity index (χ1v) is 10.3. The van der Waals surface area contributed by atoms with Gasteiger partial charge < -0.3 is 4.55 Å². The fourth-order valence-corrected chi connectivity index (χ4v) is 6.38. The molecule has 1 saturated carbocycles. The number of likely N-dealkylation sites (tertiary alicyclic amines) is 1. The molecule has 1 aliphatic carbocycles. The van der Waals surface area contributed by atoms with E-state index >= 15 is 0 Å². The number of rotatable bonds is 2. The number of alkyl halides is 3. The number of halogens is 3. The Morgan fingerprint density at radius 3 is 2.32 bits per heavy atom. The van der Waals surface area contributed by atoms with Gasteiger partial charge in [-0.2, -0.15) is 13.2 Å². The molecule has 0 atom stereocenters. The number of nitrogens with zero attached hydrogens (tertiary/aromatic N) is 3. The molecule has 3 heterocycles. The second kappa shape index (κ2) is 6.39. The molecule has 0 bridgehead atoms. The van der Waals surface area contributed by atoms with Crippen molar-refractivity contribution in [1.82, 2.24) is 14.9 Å². The fraction of sp³-hybridized carbons (Fsp3) is 0.765. The van der Waals surface area contributed by atoms with E-state index in [0.717, 1.165) is 62.3 Å². The predicted molar refractivity (Wildman–Crippen MR) is 88.5 cm³/mol. The molecule has 25 heavy (non-hydrogen) atoms. The third-order valence-corrected chi connectivity index (χ3v) is 7.88. The third-order valence-electron chi connectivity index (χ3n) is 6.01. The minimum atomic E-state index is -4.48. The molecule has 0 radical (unpaired) electrons. The van der Waals surface area contributed by atoms with Crippen LogP contribution in [0, 0.1) is 5.41 Å². The summed E-state index contributed by atoms with van der Waals surface area (Å²) < 4.78 is 49.1. The van der Waals surface area contributed by atoms with Crippen molar-refractivity contribution >= 4 is 11.2 Å². The van der Waals surface area contributed by atoms with Crippen LogP contribution >= 0.6 is 0 Å². The van der Waals surface area contributed by atoms with E-state index < -0.39 is 23.2 Å². The van der Waals surface area contributed by atoms with E-state index in [1.165, 1.54) is 12.4 Å². The van der Waals surface area contributed by atoms with Crippen molar-refractivity contribution in [1.29, 1.82) is 0 Å². The maximum atomic E-state index is 12.6. The lowest BCUT2D eigenvalue weighted by Gasteiger charge is -2.40. The lowest BCUT2D eigenvalue weighted by Crippen LogP contribution is -2.51. The van der Waals surface area contributed by atoms with Crippen molar-refractivity contribution in [2.24, 2.45) is 5.41 Å². The van der Waals surface area contributed by atoms with Gasteiger partial charge in [-0.15, -0.1) is 0 Å². The van der Waals surface area contributed by atoms with E-state index in [4.69, 9.17) is 0 Å². The smallest absolute Gasteiger partial charge is 0.451 e. The first-order chi connectivity index (χ1) is 11.8. The molecule has 3 fully saturated rings. The molecule has 0 N–H and O–H groups in total. The van der Waals surface area contributed by atoms with Gasteiger partial charge in [0.25, 0.3) is 0 Å². The van der Waals surface area contributed by atoms with Crippen molar-refractivity contribution in [3.8, 4) is 0 Å². The zero-order chi connectivity index (χ0) is 17.7. The Bertz CT molecular complexity index is 611. The molecule has 4 nitrogen and oxygen atoms in total. The van der Waals surface area contributed by atoms with Crippen molar-refractivity contribution in [2.75, 3.05) is 24.6 Å². The van der Waals surface area contributed by atoms with E-state index in [-0.39, 0.29) is 5.92 Å². The van der Waals surface area contributed by atoms with Crippen LogP contribution in [-0.2, 0) is 17.4 Å². The van der Waals surface area contributed by atoms with Gasteiger partial charge in [0.1, 0.15) is 11.5 Å². The predicted octanol–water partition coefficient (Wildman–Crippen LogP) is 2.98. The first kappa shape index (κ1) is 17.5. The molecule has 138 valence electrons. The quantitative estimate of drug-likeness (QED) is 0.748. The van der Waals surface area contributed by atoms with Gasteiger partial charge in [0.15, 0.2) is 0 Å². The molecular formula is C17H22F3N3OS. The molecule has 3 aliphatic rings. The molecule has 0 unspecified atom stereocenters. The second-order valence-corrected chi connectivity index (χ2v) is 9.25. The monoisotopic (exact) mass is 373 g/mol. The first-order valence-electron chi connectivity index (χ1n) is 8.83. The minimum absolute atomic E-state index is 0.256. The molecule has 1 spiro atoms. The molecule has 1 aromatic rings. The topological polar surface area (TPSA) is 52.1 Å². The van der Waals surface area contributed by atoms with Gasteiger partial charge in [-0.1, -0.05) is 11.2 Å². The third kappa shape index (κ3) is 3.53. The average molecular weight is 373 g/mol. The Labute approximate surface area is 148 Å². The summed E-state index contributed by atoms with van der Waals surface area (Å²) in [5, 5.41) is 0. The number of hydrogen-bond acceptors (Lipinski definition) is 4. The largest absolute Gasteiger partial charge is 0.616 e. The summed E-state index contributed by atoms with van der Waals surface area (Å²) >= 11 is -0.601. The lowest BCUT2D eigenvalue weighted by atomic mass is 9.82. The van der Waals surface area contributed by atoms with Gasteiger partial charge in [0, 0.05) is 25.0 Å². The van der Waals surface area contributed by atoms with Crippen molar-refractivity contribution in [2.45, 2.75) is 50.2 Å². The maximum absolute atomic E-state index is 12.6. The molecule has 2 aliphatic heterocycles. The summed E-state index contributed by atoms with van der Waals surface area (Å²) in [6, 6.07) is 0.556. The summed E-state index contributed by atoms with van der Waals surface area (Å²) in [6.07, 6.45) is 3.42. The zero-order valence-electron chi connectivity index (χ0n) is 14.0. The van der Waals surface area contributed by atoms with Crippen LogP contribution in [0.25, 0.3) is 0 Å². The standard InChI is InChI=1S/C17H22F3N3OS/c18-17(19,20)15-21-7-13(8-22-15)12-1-3-14(4-2-12)23-6-5-16(9-23)10-25(24)11-16/h7-8,12,14H,1-6,9-11H2/t12-,14+,16?,25?. The van der Waals surface area contributed by atoms with Crippen molar-refractivity contribution in [3.05, 3.63) is 23.8 Å². The Kier molecular flexibility index (Phi) is 4.48. The number of aromatic nitrogens is 2. The van der Waals surface area contributed by atoms with Gasteiger partial charge >= 0.3 is 6.18 Å². The molecule has 8 heteroatoms. The highest BCUT2D eigenvalue weighted by Gasteiger charge is 2.53. The summed E-state index contributed by atoms with van der Waals surface area (Å²) in [6.45, 7) is 2.16. The molecule has 0 aromatic carbocycles. The highest BCUT2D eigenvalue weighted by Crippen LogP contribution is 2.44. The molecule has 1 aromatic heterocycles. The van der Waals surface area contributed by atoms with E-state index in [0.29, 0.717) is 11.5 Å². The Morgan fingerprint density at radius 1 is 1.12 bits per heavy atom. The molecular weight excluding hydrogens is 351 g/mol. The lowest BCUT2D eigenvalue weighted by molar-refractivity contribution is -0.145. The summed E-state index contributed by atoms with van der Waals surface area (Å²) in [5.41, 5.74) is 1.13. The van der Waals surface area contributed by atoms with Crippen molar-refractivity contribution < 1.29 is 17.7 Å².